The van der Waals surface area contributed by atoms with Crippen molar-refractivity contribution in [2.75, 3.05) is 6.61 Å². The van der Waals surface area contributed by atoms with Gasteiger partial charge >= 0.3 is 5.97 Å². The maximum atomic E-state index is 11.6. The van der Waals surface area contributed by atoms with Gasteiger partial charge in [-0.2, -0.15) is 0 Å². The highest BCUT2D eigenvalue weighted by atomic mass is 16.7. The first kappa shape index (κ1) is 28.3. The lowest BCUT2D eigenvalue weighted by Gasteiger charge is -2.67. The number of aliphatic hydroxyl groups is 3. The molecule has 4 aliphatic carbocycles. The average Bonchev–Trinajstić information content (AvgIpc) is 3.10. The first-order chi connectivity index (χ1) is 18.4. The molecule has 0 aromatic heterocycles. The Morgan fingerprint density at radius 3 is 2.44 bits per heavy atom. The first-order valence-corrected chi connectivity index (χ1v) is 15.1. The van der Waals surface area contributed by atoms with Crippen molar-refractivity contribution < 1.29 is 39.4 Å². The van der Waals surface area contributed by atoms with Gasteiger partial charge in [-0.15, -0.1) is 0 Å². The molecule has 0 amide bonds. The molecule has 39 heavy (non-hydrogen) atoms. The molecule has 10 heteroatoms. The number of carboxylic acid groups (broad SMARTS) is 1. The van der Waals surface area contributed by atoms with Gasteiger partial charge in [0.2, 0.25) is 0 Å². The number of aliphatic carboxylic acids is 1. The highest BCUT2D eigenvalue weighted by Gasteiger charge is 2.72. The summed E-state index contributed by atoms with van der Waals surface area (Å²) in [5.74, 6) is 0.787. The molecule has 0 radical (unpaired) electrons. The van der Waals surface area contributed by atoms with Crippen LogP contribution in [0.25, 0.3) is 0 Å². The molecular formula is C29H48N2O8. The minimum Gasteiger partial charge on any atom is -0.481 e. The van der Waals surface area contributed by atoms with Crippen molar-refractivity contribution in [1.29, 1.82) is 0 Å². The summed E-state index contributed by atoms with van der Waals surface area (Å²) in [6.07, 6.45) is 4.36. The second kappa shape index (κ2) is 9.87. The second-order valence-electron chi connectivity index (χ2n) is 14.1. The minimum atomic E-state index is -1.16. The van der Waals surface area contributed by atoms with Gasteiger partial charge in [-0.05, 0) is 86.9 Å². The largest absolute Gasteiger partial charge is 0.481 e. The second-order valence-corrected chi connectivity index (χ2v) is 14.1. The van der Waals surface area contributed by atoms with Gasteiger partial charge in [-0.1, -0.05) is 13.8 Å². The van der Waals surface area contributed by atoms with Gasteiger partial charge in [-0.3, -0.25) is 4.79 Å². The lowest BCUT2D eigenvalue weighted by molar-refractivity contribution is -0.303. The zero-order valence-corrected chi connectivity index (χ0v) is 23.3. The van der Waals surface area contributed by atoms with Crippen molar-refractivity contribution in [2.45, 2.75) is 127 Å². The zero-order chi connectivity index (χ0) is 27.9. The third-order valence-electron chi connectivity index (χ3n) is 12.8. The molecule has 2 bridgehead atoms. The van der Waals surface area contributed by atoms with Crippen LogP contribution in [0.15, 0.2) is 0 Å². The van der Waals surface area contributed by atoms with E-state index in [4.69, 9.17) is 25.7 Å². The van der Waals surface area contributed by atoms with Crippen LogP contribution >= 0.6 is 0 Å². The highest BCUT2D eigenvalue weighted by Crippen LogP contribution is 2.73. The molecule has 2 aliphatic heterocycles. The summed E-state index contributed by atoms with van der Waals surface area (Å²) in [6.45, 7) is 4.42. The van der Waals surface area contributed by atoms with E-state index in [0.717, 1.165) is 57.8 Å². The molecule has 8 N–H and O–H groups in total. The van der Waals surface area contributed by atoms with E-state index in [1.807, 2.05) is 0 Å². The number of hydrogen-bond acceptors (Lipinski definition) is 9. The summed E-state index contributed by atoms with van der Waals surface area (Å²) in [5, 5.41) is 39.9. The molecule has 10 nitrogen and oxygen atoms in total. The fraction of sp³-hybridized carbons (Fsp3) is 0.966. The Labute approximate surface area is 230 Å². The number of ether oxygens (including phenoxy) is 3. The summed E-state index contributed by atoms with van der Waals surface area (Å²) in [5.41, 5.74) is 12.4. The van der Waals surface area contributed by atoms with Crippen molar-refractivity contribution in [3.8, 4) is 0 Å². The third kappa shape index (κ3) is 4.07. The van der Waals surface area contributed by atoms with E-state index in [2.05, 4.69) is 13.8 Å². The Balaban J connectivity index is 1.17. The van der Waals surface area contributed by atoms with Gasteiger partial charge in [0.1, 0.15) is 24.5 Å². The van der Waals surface area contributed by atoms with Crippen LogP contribution in [0, 0.1) is 40.4 Å². The number of fused-ring (bicyclic) bond motifs is 3. The van der Waals surface area contributed by atoms with E-state index >= 15 is 0 Å². The van der Waals surface area contributed by atoms with Crippen LogP contribution < -0.4 is 11.5 Å². The number of carbonyl (C=O) groups is 1. The quantitative estimate of drug-likeness (QED) is 0.273. The monoisotopic (exact) mass is 552 g/mol. The Bertz CT molecular complexity index is 952. The lowest BCUT2D eigenvalue weighted by Crippen LogP contribution is -2.68. The standard InChI is InChI=1S/C29H48N2O8/c1-27-8-5-15(37-26-24(36)22(30)23(35)20(13-32)38-26)11-14(27)3-4-19-18(27)6-9-28(2)17-7-10-29(19,28)39-25(31)16(17)12-21(33)34/h14-20,22-26,32,35-36H,3-13,30-31H2,1-2H3,(H,33,34)/t14-,15+,16-,17-,18+,19-,20-,22-,23-,24-,25+,26-,27+,28-,29+/m1/s1. The Kier molecular flexibility index (Phi) is 7.15. The topological polar surface area (TPSA) is 178 Å². The van der Waals surface area contributed by atoms with Crippen molar-refractivity contribution >= 4 is 5.97 Å². The smallest absolute Gasteiger partial charge is 0.303 e. The van der Waals surface area contributed by atoms with Crippen molar-refractivity contribution in [3.05, 3.63) is 0 Å². The third-order valence-corrected chi connectivity index (χ3v) is 12.8. The fourth-order valence-electron chi connectivity index (χ4n) is 10.7. The molecular weight excluding hydrogens is 504 g/mol. The van der Waals surface area contributed by atoms with Gasteiger partial charge in [0, 0.05) is 11.3 Å². The van der Waals surface area contributed by atoms with Crippen LogP contribution in [-0.4, -0.2) is 81.6 Å². The van der Waals surface area contributed by atoms with Crippen molar-refractivity contribution in [2.24, 2.45) is 51.9 Å². The van der Waals surface area contributed by atoms with Gasteiger partial charge in [0.05, 0.1) is 30.8 Å². The number of hydrogen-bond donors (Lipinski definition) is 6. The predicted octanol–water partition coefficient (Wildman–Crippen LogP) is 1.33. The summed E-state index contributed by atoms with van der Waals surface area (Å²) >= 11 is 0. The van der Waals surface area contributed by atoms with Crippen LogP contribution in [-0.2, 0) is 19.0 Å². The first-order valence-electron chi connectivity index (χ1n) is 15.1. The lowest BCUT2D eigenvalue weighted by atomic mass is 9.42. The Morgan fingerprint density at radius 1 is 0.974 bits per heavy atom. The zero-order valence-electron chi connectivity index (χ0n) is 23.3. The number of carboxylic acids is 1. The molecule has 0 aromatic carbocycles. The molecule has 222 valence electrons. The SMILES string of the molecule is C[C@]12CC[C@H](O[C@@H]3O[C@H](CO)[C@@H](O)[C@@H](N)[C@H]3O)C[C@H]1CC[C@@H]1[C@@H]2CC[C@]2(C)[C@@H]3CC[C@]12O[C@H](N)[C@@H]3CC(=O)O. The van der Waals surface area contributed by atoms with Crippen LogP contribution in [0.1, 0.15) is 78.1 Å². The van der Waals surface area contributed by atoms with Crippen LogP contribution in [0.4, 0.5) is 0 Å². The van der Waals surface area contributed by atoms with Crippen LogP contribution in [0.5, 0.6) is 0 Å². The molecule has 6 fully saturated rings. The highest BCUT2D eigenvalue weighted by molar-refractivity contribution is 5.67. The maximum absolute atomic E-state index is 11.6. The predicted molar refractivity (Wildman–Crippen MR) is 140 cm³/mol. The van der Waals surface area contributed by atoms with Crippen molar-refractivity contribution in [3.63, 3.8) is 0 Å². The van der Waals surface area contributed by atoms with Gasteiger partial charge < -0.3 is 46.1 Å². The summed E-state index contributed by atoms with van der Waals surface area (Å²) in [4.78, 5) is 11.6. The molecule has 15 atom stereocenters. The van der Waals surface area contributed by atoms with E-state index < -0.39 is 42.8 Å². The normalized spacial score (nSPS) is 56.8. The number of nitrogens with two attached hydrogens (primary N) is 2. The van der Waals surface area contributed by atoms with E-state index in [0.29, 0.717) is 23.7 Å². The molecule has 6 rings (SSSR count). The molecule has 0 unspecified atom stereocenters. The van der Waals surface area contributed by atoms with Crippen molar-refractivity contribution in [1.82, 2.24) is 0 Å². The Hall–Kier alpha value is -0.850. The van der Waals surface area contributed by atoms with E-state index in [9.17, 15) is 25.2 Å². The van der Waals surface area contributed by atoms with Gasteiger partial charge in [-0.25, -0.2) is 0 Å². The molecule has 2 heterocycles. The molecule has 0 aromatic rings. The van der Waals surface area contributed by atoms with E-state index in [1.54, 1.807) is 0 Å². The Morgan fingerprint density at radius 2 is 1.72 bits per heavy atom. The number of aliphatic hydroxyl groups excluding tert-OH is 3. The molecule has 6 aliphatic rings. The van der Waals surface area contributed by atoms with E-state index in [-0.39, 0.29) is 41.5 Å². The fourth-order valence-corrected chi connectivity index (χ4v) is 10.7. The molecule has 4 saturated carbocycles. The molecule has 2 saturated heterocycles. The average molecular weight is 553 g/mol. The van der Waals surface area contributed by atoms with E-state index in [1.165, 1.54) is 0 Å². The number of rotatable bonds is 5. The van der Waals surface area contributed by atoms with Gasteiger partial charge in [0.25, 0.3) is 0 Å². The summed E-state index contributed by atoms with van der Waals surface area (Å²) in [7, 11) is 0. The summed E-state index contributed by atoms with van der Waals surface area (Å²) in [6, 6.07) is -0.937. The maximum Gasteiger partial charge on any atom is 0.303 e. The van der Waals surface area contributed by atoms with Gasteiger partial charge in [0.15, 0.2) is 6.29 Å². The van der Waals surface area contributed by atoms with Crippen LogP contribution in [0.2, 0.25) is 0 Å². The molecule has 0 spiro atoms. The minimum absolute atomic E-state index is 0.0330. The van der Waals surface area contributed by atoms with Crippen LogP contribution in [0.3, 0.4) is 0 Å². The summed E-state index contributed by atoms with van der Waals surface area (Å²) < 4.78 is 18.8.